The highest BCUT2D eigenvalue weighted by Gasteiger charge is 2.86. The van der Waals surface area contributed by atoms with Crippen molar-refractivity contribution in [2.24, 2.45) is 17.8 Å². The van der Waals surface area contributed by atoms with Crippen LogP contribution in [0.2, 0.25) is 0 Å². The first-order chi connectivity index (χ1) is 24.6. The van der Waals surface area contributed by atoms with Gasteiger partial charge in [0.25, 0.3) is 0 Å². The Balaban J connectivity index is 1.39. The zero-order chi connectivity index (χ0) is 37.1. The van der Waals surface area contributed by atoms with Crippen molar-refractivity contribution in [1.29, 1.82) is 0 Å². The van der Waals surface area contributed by atoms with E-state index >= 15 is 4.79 Å². The molecule has 8 unspecified atom stereocenters. The molecule has 11 nitrogen and oxygen atoms in total. The van der Waals surface area contributed by atoms with Gasteiger partial charge in [-0.3, -0.25) is 4.79 Å². The average Bonchev–Trinajstić information content (AvgIpc) is 3.61. The molecule has 52 heavy (non-hydrogen) atoms. The van der Waals surface area contributed by atoms with E-state index < -0.39 is 46.4 Å². The van der Waals surface area contributed by atoms with Crippen LogP contribution in [0.4, 0.5) is 5.95 Å². The SMILES string of the molecule is COC(=O)/C(C)=C\CC12OC(C)(C)C3CC(C1=O)C1C4C(Nc5ncnn51)c1c(O)c5c(c(CC=C(C)C)c1OC432)OC(C)(CCC=C(C)C)C=C5. The van der Waals surface area contributed by atoms with Crippen molar-refractivity contribution in [1.82, 2.24) is 14.8 Å². The van der Waals surface area contributed by atoms with Crippen molar-refractivity contribution in [2.75, 3.05) is 12.4 Å². The smallest absolute Gasteiger partial charge is 0.333 e. The summed E-state index contributed by atoms with van der Waals surface area (Å²) in [6.07, 6.45) is 14.4. The number of phenolic OH excluding ortho intramolecular Hbond substituents is 1. The molecule has 1 saturated heterocycles. The third-order valence-electron chi connectivity index (χ3n) is 12.6. The minimum absolute atomic E-state index is 0.0610. The Kier molecular flexibility index (Phi) is 7.71. The molecule has 1 aromatic heterocycles. The van der Waals surface area contributed by atoms with E-state index in [4.69, 9.17) is 18.9 Å². The molecule has 1 spiro atoms. The molecule has 8 atom stereocenters. The molecule has 3 saturated carbocycles. The number of hydrogen-bond acceptors (Lipinski definition) is 10. The van der Waals surface area contributed by atoms with Crippen LogP contribution in [0, 0.1) is 17.8 Å². The number of ketones is 1. The Morgan fingerprint density at radius 2 is 1.85 bits per heavy atom. The molecule has 276 valence electrons. The van der Waals surface area contributed by atoms with Crippen LogP contribution in [0.25, 0.3) is 6.08 Å². The van der Waals surface area contributed by atoms with Crippen molar-refractivity contribution < 1.29 is 33.6 Å². The lowest BCUT2D eigenvalue weighted by Crippen LogP contribution is -2.79. The Hall–Kier alpha value is -4.38. The van der Waals surface area contributed by atoms with E-state index in [2.05, 4.69) is 62.2 Å². The van der Waals surface area contributed by atoms with E-state index in [1.165, 1.54) is 19.0 Å². The zero-order valence-corrected chi connectivity index (χ0v) is 31.6. The number of carbonyl (C=O) groups is 2. The quantitative estimate of drug-likeness (QED) is 0.166. The van der Waals surface area contributed by atoms with Crippen LogP contribution >= 0.6 is 0 Å². The molecule has 2 aromatic rings. The van der Waals surface area contributed by atoms with E-state index in [1.54, 1.807) is 13.0 Å². The summed E-state index contributed by atoms with van der Waals surface area (Å²) in [5.41, 5.74) is 0.797. The van der Waals surface area contributed by atoms with Crippen LogP contribution in [0.5, 0.6) is 17.2 Å². The number of benzene rings is 1. The number of fused-ring (bicyclic) bond motifs is 4. The van der Waals surface area contributed by atoms with Gasteiger partial charge >= 0.3 is 5.97 Å². The van der Waals surface area contributed by atoms with Crippen LogP contribution in [0.3, 0.4) is 0 Å². The number of phenols is 1. The summed E-state index contributed by atoms with van der Waals surface area (Å²) < 4.78 is 28.6. The number of hydrogen-bond donors (Lipinski definition) is 2. The summed E-state index contributed by atoms with van der Waals surface area (Å²) in [5.74, 6) is 0.155. The van der Waals surface area contributed by atoms with Crippen LogP contribution < -0.4 is 14.8 Å². The molecule has 7 aliphatic rings. The molecule has 2 N–H and O–H groups in total. The number of aromatic hydroxyl groups is 1. The monoisotopic (exact) mass is 710 g/mol. The molecule has 4 bridgehead atoms. The lowest BCUT2D eigenvalue weighted by atomic mass is 9.44. The third-order valence-corrected chi connectivity index (χ3v) is 12.6. The second kappa shape index (κ2) is 11.6. The molecule has 4 fully saturated rings. The molecule has 4 aliphatic heterocycles. The number of methoxy groups -OCH3 is 1. The average molecular weight is 711 g/mol. The number of anilines is 1. The lowest BCUT2D eigenvalue weighted by Gasteiger charge is -2.66. The van der Waals surface area contributed by atoms with E-state index in [0.717, 1.165) is 24.0 Å². The van der Waals surface area contributed by atoms with Crippen LogP contribution in [-0.4, -0.2) is 61.1 Å². The van der Waals surface area contributed by atoms with Gasteiger partial charge in [0.2, 0.25) is 5.95 Å². The predicted molar refractivity (Wildman–Crippen MR) is 195 cm³/mol. The van der Waals surface area contributed by atoms with Gasteiger partial charge in [-0.1, -0.05) is 29.4 Å². The third kappa shape index (κ3) is 4.59. The number of esters is 1. The number of ether oxygens (including phenoxy) is 4. The highest BCUT2D eigenvalue weighted by Crippen LogP contribution is 2.75. The van der Waals surface area contributed by atoms with Gasteiger partial charge in [-0.2, -0.15) is 10.1 Å². The Morgan fingerprint density at radius 3 is 2.56 bits per heavy atom. The minimum Gasteiger partial charge on any atom is -0.507 e. The van der Waals surface area contributed by atoms with Gasteiger partial charge < -0.3 is 29.4 Å². The Labute approximate surface area is 305 Å². The molecular weight excluding hydrogens is 660 g/mol. The fourth-order valence-corrected chi connectivity index (χ4v) is 10.4. The van der Waals surface area contributed by atoms with E-state index in [9.17, 15) is 9.90 Å². The van der Waals surface area contributed by atoms with Gasteiger partial charge in [0.15, 0.2) is 17.0 Å². The maximum absolute atomic E-state index is 15.2. The van der Waals surface area contributed by atoms with E-state index in [-0.39, 0.29) is 29.8 Å². The van der Waals surface area contributed by atoms with Crippen molar-refractivity contribution in [2.45, 2.75) is 122 Å². The fourth-order valence-electron chi connectivity index (χ4n) is 10.4. The second-order valence-corrected chi connectivity index (χ2v) is 16.8. The van der Waals surface area contributed by atoms with E-state index in [1.807, 2.05) is 30.7 Å². The van der Waals surface area contributed by atoms with Gasteiger partial charge in [0.1, 0.15) is 29.2 Å². The molecule has 5 heterocycles. The number of nitrogens with zero attached hydrogens (tertiary/aromatic N) is 3. The lowest BCUT2D eigenvalue weighted by molar-refractivity contribution is -0.224. The van der Waals surface area contributed by atoms with Crippen LogP contribution in [-0.2, 0) is 25.5 Å². The van der Waals surface area contributed by atoms with Gasteiger partial charge in [0.05, 0.1) is 41.8 Å². The molecule has 9 rings (SSSR count). The minimum atomic E-state index is -1.44. The van der Waals surface area contributed by atoms with Gasteiger partial charge in [-0.15, -0.1) is 0 Å². The Bertz CT molecular complexity index is 2020. The number of allylic oxidation sites excluding steroid dienone is 4. The maximum Gasteiger partial charge on any atom is 0.333 e. The summed E-state index contributed by atoms with van der Waals surface area (Å²) >= 11 is 0. The Morgan fingerprint density at radius 1 is 1.10 bits per heavy atom. The first kappa shape index (κ1) is 34.7. The first-order valence-electron chi connectivity index (χ1n) is 18.5. The summed E-state index contributed by atoms with van der Waals surface area (Å²) in [6, 6.07) is -0.889. The zero-order valence-electron chi connectivity index (χ0n) is 31.6. The maximum atomic E-state index is 15.2. The molecule has 11 heteroatoms. The topological polar surface area (TPSA) is 134 Å². The number of carbonyl (C=O) groups excluding carboxylic acids is 2. The summed E-state index contributed by atoms with van der Waals surface area (Å²) in [4.78, 5) is 32.4. The summed E-state index contributed by atoms with van der Waals surface area (Å²) in [6.45, 7) is 16.1. The van der Waals surface area contributed by atoms with Crippen molar-refractivity contribution in [3.63, 3.8) is 0 Å². The predicted octanol–water partition coefficient (Wildman–Crippen LogP) is 7.13. The number of Topliss-reactive ketones (excluding diaryl/α,β-unsaturated/α-hetero) is 1. The number of rotatable bonds is 8. The van der Waals surface area contributed by atoms with Crippen molar-refractivity contribution in [3.05, 3.63) is 64.0 Å². The largest absolute Gasteiger partial charge is 0.507 e. The van der Waals surface area contributed by atoms with Crippen LogP contribution in [0.15, 0.2) is 47.4 Å². The van der Waals surface area contributed by atoms with Gasteiger partial charge in [-0.25, -0.2) is 9.48 Å². The van der Waals surface area contributed by atoms with Crippen molar-refractivity contribution in [3.8, 4) is 17.2 Å². The molecular formula is C41H50N4O7. The van der Waals surface area contributed by atoms with Crippen LogP contribution in [0.1, 0.15) is 110 Å². The summed E-state index contributed by atoms with van der Waals surface area (Å²) in [7, 11) is 1.35. The molecule has 1 aromatic carbocycles. The van der Waals surface area contributed by atoms with E-state index in [0.29, 0.717) is 47.0 Å². The number of aromatic nitrogens is 3. The molecule has 0 radical (unpaired) electrons. The standard InChI is InChI=1S/C41H50N4O7/c1-21(2)11-10-16-39(8)17-15-24-32(46)28-30-29-31(45-37(44-30)42-20-43-45)26-19-27-38(6,7)52-40(35(26)47,18-14-23(5)36(48)49-9)41(27,29)51-34(28)25(33(24)50-39)13-12-22(3)4/h11-12,14-15,17,20,26-27,29-31,46H,10,13,16,18-19H2,1-9H3,(H,42,43,44)/b23-14-. The van der Waals surface area contributed by atoms with Gasteiger partial charge in [-0.05, 0) is 93.2 Å². The first-order valence-corrected chi connectivity index (χ1v) is 18.5. The van der Waals surface area contributed by atoms with Crippen molar-refractivity contribution >= 4 is 23.8 Å². The fraction of sp³-hybridized carbons (Fsp3) is 0.561. The highest BCUT2D eigenvalue weighted by molar-refractivity contribution is 5.96. The second-order valence-electron chi connectivity index (χ2n) is 16.8. The molecule has 3 aliphatic carbocycles. The number of nitrogens with one attached hydrogen (secondary N) is 1. The summed E-state index contributed by atoms with van der Waals surface area (Å²) in [5, 5.41) is 20.7. The van der Waals surface area contributed by atoms with Gasteiger partial charge in [0, 0.05) is 29.4 Å². The highest BCUT2D eigenvalue weighted by atomic mass is 16.6. The normalized spacial score (nSPS) is 33.8. The molecule has 0 amide bonds.